The third-order valence-electron chi connectivity index (χ3n) is 1.90. The summed E-state index contributed by atoms with van der Waals surface area (Å²) in [4.78, 5) is 10.0. The van der Waals surface area contributed by atoms with Crippen LogP contribution in [0.25, 0.3) is 0 Å². The molecule has 1 aromatic rings. The summed E-state index contributed by atoms with van der Waals surface area (Å²) in [5.74, 6) is -0.0848. The molecule has 15 heavy (non-hydrogen) atoms. The molecule has 0 aliphatic rings. The molecule has 1 heterocycles. The lowest BCUT2D eigenvalue weighted by Crippen LogP contribution is -2.17. The van der Waals surface area contributed by atoms with Crippen LogP contribution >= 0.6 is 0 Å². The van der Waals surface area contributed by atoms with Gasteiger partial charge in [-0.05, 0) is 24.4 Å². The molecule has 7 heteroatoms. The second-order valence-corrected chi connectivity index (χ2v) is 3.02. The van der Waals surface area contributed by atoms with Crippen molar-refractivity contribution < 1.29 is 4.92 Å². The summed E-state index contributed by atoms with van der Waals surface area (Å²) in [6, 6.07) is 0. The Labute approximate surface area is 87.4 Å². The molecule has 0 unspecified atom stereocenters. The molecule has 0 atom stereocenters. The van der Waals surface area contributed by atoms with E-state index in [2.05, 4.69) is 20.8 Å². The molecule has 0 radical (unpaired) electrons. The molecule has 84 valence electrons. The van der Waals surface area contributed by atoms with Gasteiger partial charge in [-0.2, -0.15) is 0 Å². The molecule has 0 aliphatic carbocycles. The van der Waals surface area contributed by atoms with Crippen LogP contribution in [0.1, 0.15) is 13.3 Å². The van der Waals surface area contributed by atoms with Crippen molar-refractivity contribution >= 4 is 11.5 Å². The Bertz CT molecular complexity index is 312. The van der Waals surface area contributed by atoms with Gasteiger partial charge in [0, 0.05) is 6.54 Å². The van der Waals surface area contributed by atoms with Crippen LogP contribution in [0.3, 0.4) is 0 Å². The normalized spacial score (nSPS) is 10.2. The van der Waals surface area contributed by atoms with Crippen molar-refractivity contribution in [1.82, 2.24) is 15.5 Å². The van der Waals surface area contributed by atoms with Crippen LogP contribution in [0.15, 0.2) is 6.20 Å². The molecule has 7 nitrogen and oxygen atoms in total. The number of rotatable bonds is 7. The third kappa shape index (κ3) is 3.55. The number of nitro groups is 1. The summed E-state index contributed by atoms with van der Waals surface area (Å²) in [6.45, 7) is 4.56. The quantitative estimate of drug-likeness (QED) is 0.352. The Kier molecular flexibility index (Phi) is 4.55. The zero-order chi connectivity index (χ0) is 11.1. The largest absolute Gasteiger partial charge is 0.377 e. The van der Waals surface area contributed by atoms with Gasteiger partial charge in [-0.3, -0.25) is 0 Å². The van der Waals surface area contributed by atoms with Gasteiger partial charge in [0.1, 0.15) is 6.20 Å². The number of hydrogen-bond donors (Lipinski definition) is 3. The van der Waals surface area contributed by atoms with Crippen molar-refractivity contribution in [2.45, 2.75) is 13.3 Å². The highest BCUT2D eigenvalue weighted by atomic mass is 16.6. The summed E-state index contributed by atoms with van der Waals surface area (Å²) in [7, 11) is 0. The number of H-pyrrole nitrogens is 1. The van der Waals surface area contributed by atoms with Crippen LogP contribution in [0.5, 0.6) is 0 Å². The van der Waals surface area contributed by atoms with Gasteiger partial charge in [-0.25, -0.2) is 0 Å². The van der Waals surface area contributed by atoms with Crippen LogP contribution in [0.2, 0.25) is 0 Å². The first-order chi connectivity index (χ1) is 7.25. The third-order valence-corrected chi connectivity index (χ3v) is 1.90. The number of nitrogens with one attached hydrogen (secondary N) is 3. The summed E-state index contributed by atoms with van der Waals surface area (Å²) < 4.78 is 0. The van der Waals surface area contributed by atoms with E-state index < -0.39 is 4.92 Å². The van der Waals surface area contributed by atoms with Crippen molar-refractivity contribution in [3.8, 4) is 0 Å². The minimum atomic E-state index is -0.486. The van der Waals surface area contributed by atoms with Crippen molar-refractivity contribution in [1.29, 1.82) is 0 Å². The summed E-state index contributed by atoms with van der Waals surface area (Å²) in [5.41, 5.74) is 0.441. The summed E-state index contributed by atoms with van der Waals surface area (Å²) >= 11 is 0. The van der Waals surface area contributed by atoms with E-state index in [1.165, 1.54) is 6.20 Å². The molecule has 1 rings (SSSR count). The van der Waals surface area contributed by atoms with Gasteiger partial charge in [-0.1, -0.05) is 12.0 Å². The second-order valence-electron chi connectivity index (χ2n) is 3.02. The lowest BCUT2D eigenvalue weighted by Gasteiger charge is -2.03. The fourth-order valence-corrected chi connectivity index (χ4v) is 1.16. The Balaban J connectivity index is 2.31. The molecule has 0 aliphatic heterocycles. The first kappa shape index (κ1) is 11.4. The molecule has 1 aromatic heterocycles. The van der Waals surface area contributed by atoms with Gasteiger partial charge in [0.2, 0.25) is 0 Å². The average molecular weight is 213 g/mol. The van der Waals surface area contributed by atoms with Crippen LogP contribution < -0.4 is 10.6 Å². The lowest BCUT2D eigenvalue weighted by atomic mass is 10.4. The molecular formula is C8H15N5O2. The minimum absolute atomic E-state index is 0.0848. The van der Waals surface area contributed by atoms with E-state index in [4.69, 9.17) is 0 Å². The summed E-state index contributed by atoms with van der Waals surface area (Å²) in [6.07, 6.45) is 2.33. The SMILES string of the molecule is CCNCCCNc1cn[nH]c1[N+](=O)[O-]. The first-order valence-corrected chi connectivity index (χ1v) is 4.88. The second kappa shape index (κ2) is 5.97. The fourth-order valence-electron chi connectivity index (χ4n) is 1.16. The highest BCUT2D eigenvalue weighted by Crippen LogP contribution is 2.19. The fraction of sp³-hybridized carbons (Fsp3) is 0.625. The number of hydrogen-bond acceptors (Lipinski definition) is 5. The van der Waals surface area contributed by atoms with Crippen LogP contribution in [0.4, 0.5) is 11.5 Å². The zero-order valence-electron chi connectivity index (χ0n) is 8.62. The lowest BCUT2D eigenvalue weighted by molar-refractivity contribution is -0.388. The maximum Gasteiger partial charge on any atom is 0.366 e. The van der Waals surface area contributed by atoms with Gasteiger partial charge >= 0.3 is 5.82 Å². The Hall–Kier alpha value is -1.63. The van der Waals surface area contributed by atoms with Crippen LogP contribution in [0, 0.1) is 10.1 Å². The number of aromatic amines is 1. The van der Waals surface area contributed by atoms with Gasteiger partial charge in [0.05, 0.1) is 0 Å². The molecule has 0 fully saturated rings. The molecule has 0 bridgehead atoms. The highest BCUT2D eigenvalue weighted by Gasteiger charge is 2.13. The van der Waals surface area contributed by atoms with Crippen LogP contribution in [-0.2, 0) is 0 Å². The maximum atomic E-state index is 10.5. The molecule has 0 saturated carbocycles. The number of nitrogens with zero attached hydrogens (tertiary/aromatic N) is 2. The molecule has 3 N–H and O–H groups in total. The van der Waals surface area contributed by atoms with E-state index in [-0.39, 0.29) is 5.82 Å². The van der Waals surface area contributed by atoms with E-state index >= 15 is 0 Å². The topological polar surface area (TPSA) is 95.9 Å². The standard InChI is InChI=1S/C8H15N5O2/c1-2-9-4-3-5-10-7-6-11-12-8(7)13(14)15/h6,9-10H,2-5H2,1H3,(H,11,12). The molecule has 0 amide bonds. The van der Waals surface area contributed by atoms with Gasteiger partial charge in [-0.15, -0.1) is 5.10 Å². The smallest absolute Gasteiger partial charge is 0.366 e. The van der Waals surface area contributed by atoms with Crippen molar-refractivity contribution in [3.05, 3.63) is 16.3 Å². The van der Waals surface area contributed by atoms with E-state index in [1.54, 1.807) is 0 Å². The molecule has 0 spiro atoms. The van der Waals surface area contributed by atoms with Crippen molar-refractivity contribution in [3.63, 3.8) is 0 Å². The van der Waals surface area contributed by atoms with E-state index in [0.29, 0.717) is 12.2 Å². The molecule has 0 saturated heterocycles. The number of aromatic nitrogens is 2. The summed E-state index contributed by atoms with van der Waals surface area (Å²) in [5, 5.41) is 22.6. The van der Waals surface area contributed by atoms with Crippen molar-refractivity contribution in [2.75, 3.05) is 25.0 Å². The van der Waals surface area contributed by atoms with Gasteiger partial charge in [0.15, 0.2) is 5.69 Å². The zero-order valence-corrected chi connectivity index (χ0v) is 8.62. The number of anilines is 1. The maximum absolute atomic E-state index is 10.5. The van der Waals surface area contributed by atoms with Gasteiger partial charge in [0.25, 0.3) is 0 Å². The first-order valence-electron chi connectivity index (χ1n) is 4.88. The van der Waals surface area contributed by atoms with Crippen LogP contribution in [-0.4, -0.2) is 34.8 Å². The Morgan fingerprint density at radius 2 is 2.40 bits per heavy atom. The van der Waals surface area contributed by atoms with E-state index in [0.717, 1.165) is 19.5 Å². The minimum Gasteiger partial charge on any atom is -0.377 e. The predicted octanol–water partition coefficient (Wildman–Crippen LogP) is 0.729. The van der Waals surface area contributed by atoms with E-state index in [1.807, 2.05) is 6.92 Å². The average Bonchev–Trinajstić information content (AvgIpc) is 2.66. The Morgan fingerprint density at radius 3 is 3.07 bits per heavy atom. The Morgan fingerprint density at radius 1 is 1.60 bits per heavy atom. The molecule has 0 aromatic carbocycles. The predicted molar refractivity (Wildman–Crippen MR) is 56.9 cm³/mol. The van der Waals surface area contributed by atoms with Gasteiger partial charge < -0.3 is 20.7 Å². The van der Waals surface area contributed by atoms with E-state index in [9.17, 15) is 10.1 Å². The van der Waals surface area contributed by atoms with Crippen molar-refractivity contribution in [2.24, 2.45) is 0 Å². The highest BCUT2D eigenvalue weighted by molar-refractivity contribution is 5.55. The molecular weight excluding hydrogens is 198 g/mol. The monoisotopic (exact) mass is 213 g/mol.